The van der Waals surface area contributed by atoms with Gasteiger partial charge in [0.15, 0.2) is 0 Å². The van der Waals surface area contributed by atoms with Crippen molar-refractivity contribution in [2.45, 2.75) is 32.2 Å². The number of carbonyl (C=O) groups is 1. The Morgan fingerprint density at radius 2 is 2.29 bits per heavy atom. The molecule has 2 atom stereocenters. The fourth-order valence-electron chi connectivity index (χ4n) is 2.03. The second kappa shape index (κ2) is 5.32. The van der Waals surface area contributed by atoms with Crippen LogP contribution in [0.15, 0.2) is 0 Å². The average Bonchev–Trinajstić information content (AvgIpc) is 2.16. The Bertz CT molecular complexity index is 196. The lowest BCUT2D eigenvalue weighted by molar-refractivity contribution is -0.118. The van der Waals surface area contributed by atoms with E-state index in [9.17, 15) is 4.79 Å². The average molecular weight is 199 g/mol. The molecular formula is C10H21N3O. The molecule has 14 heavy (non-hydrogen) atoms. The van der Waals surface area contributed by atoms with Gasteiger partial charge in [0.2, 0.25) is 5.91 Å². The van der Waals surface area contributed by atoms with Crippen molar-refractivity contribution in [2.75, 3.05) is 19.6 Å². The quantitative estimate of drug-likeness (QED) is 0.665. The highest BCUT2D eigenvalue weighted by Gasteiger charge is 2.24. The maximum atomic E-state index is 10.6. The molecule has 1 fully saturated rings. The highest BCUT2D eigenvalue weighted by atomic mass is 16.1. The number of amides is 1. The maximum absolute atomic E-state index is 10.6. The molecule has 0 radical (unpaired) electrons. The van der Waals surface area contributed by atoms with Gasteiger partial charge in [0.05, 0.1) is 0 Å². The molecule has 1 rings (SSSR count). The molecular weight excluding hydrogens is 178 g/mol. The van der Waals surface area contributed by atoms with Gasteiger partial charge in [0.25, 0.3) is 0 Å². The summed E-state index contributed by atoms with van der Waals surface area (Å²) < 4.78 is 0. The number of hydrogen-bond donors (Lipinski definition) is 2. The number of nitrogens with zero attached hydrogens (tertiary/aromatic N) is 1. The fourth-order valence-corrected chi connectivity index (χ4v) is 2.03. The lowest BCUT2D eigenvalue weighted by Crippen LogP contribution is -2.47. The lowest BCUT2D eigenvalue weighted by atomic mass is 9.91. The molecule has 0 bridgehead atoms. The van der Waals surface area contributed by atoms with Crippen LogP contribution in [0.5, 0.6) is 0 Å². The standard InChI is InChI=1S/C10H21N3O/c1-2-8-7-13(5-3-9(8)11)6-4-10(12)14/h8-9H,2-7,11H2,1H3,(H2,12,14). The van der Waals surface area contributed by atoms with E-state index in [1.807, 2.05) is 0 Å². The fraction of sp³-hybridized carbons (Fsp3) is 0.900. The van der Waals surface area contributed by atoms with Crippen LogP contribution in [0.2, 0.25) is 0 Å². The van der Waals surface area contributed by atoms with Crippen molar-refractivity contribution in [2.24, 2.45) is 17.4 Å². The maximum Gasteiger partial charge on any atom is 0.218 e. The van der Waals surface area contributed by atoms with Gasteiger partial charge in [0, 0.05) is 25.6 Å². The second-order valence-corrected chi connectivity index (χ2v) is 4.14. The Hall–Kier alpha value is -0.610. The third kappa shape index (κ3) is 3.27. The summed E-state index contributed by atoms with van der Waals surface area (Å²) in [6.45, 7) is 4.98. The zero-order chi connectivity index (χ0) is 10.6. The summed E-state index contributed by atoms with van der Waals surface area (Å²) in [5.74, 6) is 0.365. The van der Waals surface area contributed by atoms with Crippen molar-refractivity contribution in [1.29, 1.82) is 0 Å². The molecule has 1 aliphatic rings. The van der Waals surface area contributed by atoms with E-state index in [0.29, 0.717) is 18.4 Å². The number of rotatable bonds is 4. The predicted octanol–water partition coefficient (Wildman–Crippen LogP) is -0.0790. The van der Waals surface area contributed by atoms with Gasteiger partial charge in [-0.2, -0.15) is 0 Å². The van der Waals surface area contributed by atoms with Crippen molar-refractivity contribution < 1.29 is 4.79 Å². The molecule has 4 heteroatoms. The van der Waals surface area contributed by atoms with Crippen molar-refractivity contribution in [3.8, 4) is 0 Å². The molecule has 2 unspecified atom stereocenters. The third-order valence-electron chi connectivity index (χ3n) is 3.08. The summed E-state index contributed by atoms with van der Waals surface area (Å²) in [7, 11) is 0. The van der Waals surface area contributed by atoms with E-state index < -0.39 is 0 Å². The van der Waals surface area contributed by atoms with Gasteiger partial charge < -0.3 is 16.4 Å². The Labute approximate surface area is 85.6 Å². The first-order valence-corrected chi connectivity index (χ1v) is 5.39. The summed E-state index contributed by atoms with van der Waals surface area (Å²) in [6, 6.07) is 0.338. The van der Waals surface area contributed by atoms with Crippen LogP contribution in [0.3, 0.4) is 0 Å². The number of primary amides is 1. The molecule has 1 aliphatic heterocycles. The normalized spacial score (nSPS) is 29.0. The molecule has 0 aromatic rings. The van der Waals surface area contributed by atoms with Crippen LogP contribution in [0, 0.1) is 5.92 Å². The Morgan fingerprint density at radius 3 is 2.86 bits per heavy atom. The van der Waals surface area contributed by atoms with E-state index in [1.165, 1.54) is 0 Å². The minimum atomic E-state index is -0.215. The molecule has 0 spiro atoms. The monoisotopic (exact) mass is 199 g/mol. The predicted molar refractivity (Wildman–Crippen MR) is 56.6 cm³/mol. The zero-order valence-electron chi connectivity index (χ0n) is 8.91. The van der Waals surface area contributed by atoms with Gasteiger partial charge in [-0.15, -0.1) is 0 Å². The number of likely N-dealkylation sites (tertiary alicyclic amines) is 1. The van der Waals surface area contributed by atoms with Crippen molar-refractivity contribution >= 4 is 5.91 Å². The number of carbonyl (C=O) groups excluding carboxylic acids is 1. The summed E-state index contributed by atoms with van der Waals surface area (Å²) in [5.41, 5.74) is 11.1. The summed E-state index contributed by atoms with van der Waals surface area (Å²) >= 11 is 0. The van der Waals surface area contributed by atoms with Gasteiger partial charge in [-0.05, 0) is 18.9 Å². The SMILES string of the molecule is CCC1CN(CCC(N)=O)CCC1N. The summed E-state index contributed by atoms with van der Waals surface area (Å²) in [5, 5.41) is 0. The van der Waals surface area contributed by atoms with Crippen molar-refractivity contribution in [1.82, 2.24) is 4.90 Å². The van der Waals surface area contributed by atoms with Crippen LogP contribution in [0.1, 0.15) is 26.2 Å². The van der Waals surface area contributed by atoms with Gasteiger partial charge in [-0.25, -0.2) is 0 Å². The van der Waals surface area contributed by atoms with Crippen LogP contribution in [-0.2, 0) is 4.79 Å². The largest absolute Gasteiger partial charge is 0.370 e. The van der Waals surface area contributed by atoms with E-state index in [-0.39, 0.29) is 5.91 Å². The van der Waals surface area contributed by atoms with Gasteiger partial charge in [0.1, 0.15) is 0 Å². The first-order valence-electron chi connectivity index (χ1n) is 5.39. The van der Waals surface area contributed by atoms with Crippen LogP contribution in [-0.4, -0.2) is 36.5 Å². The Balaban J connectivity index is 2.31. The van der Waals surface area contributed by atoms with E-state index in [0.717, 1.165) is 32.5 Å². The third-order valence-corrected chi connectivity index (χ3v) is 3.08. The Kier molecular flexibility index (Phi) is 4.35. The minimum absolute atomic E-state index is 0.215. The minimum Gasteiger partial charge on any atom is -0.370 e. The molecule has 0 aromatic carbocycles. The van der Waals surface area contributed by atoms with E-state index in [1.54, 1.807) is 0 Å². The molecule has 1 amide bonds. The summed E-state index contributed by atoms with van der Waals surface area (Å²) in [6.07, 6.45) is 2.62. The topological polar surface area (TPSA) is 72.3 Å². The number of nitrogens with two attached hydrogens (primary N) is 2. The molecule has 0 aliphatic carbocycles. The van der Waals surface area contributed by atoms with E-state index >= 15 is 0 Å². The van der Waals surface area contributed by atoms with Gasteiger partial charge >= 0.3 is 0 Å². The molecule has 1 heterocycles. The number of hydrogen-bond acceptors (Lipinski definition) is 3. The molecule has 82 valence electrons. The molecule has 0 saturated carbocycles. The molecule has 4 N–H and O–H groups in total. The van der Waals surface area contributed by atoms with E-state index in [4.69, 9.17) is 11.5 Å². The first kappa shape index (κ1) is 11.5. The smallest absolute Gasteiger partial charge is 0.218 e. The molecule has 1 saturated heterocycles. The zero-order valence-corrected chi connectivity index (χ0v) is 8.91. The first-order chi connectivity index (χ1) is 6.63. The second-order valence-electron chi connectivity index (χ2n) is 4.14. The van der Waals surface area contributed by atoms with Crippen LogP contribution in [0.4, 0.5) is 0 Å². The van der Waals surface area contributed by atoms with Gasteiger partial charge in [-0.1, -0.05) is 13.3 Å². The highest BCUT2D eigenvalue weighted by molar-refractivity contribution is 5.73. The van der Waals surface area contributed by atoms with E-state index in [2.05, 4.69) is 11.8 Å². The number of piperidine rings is 1. The highest BCUT2D eigenvalue weighted by Crippen LogP contribution is 2.18. The van der Waals surface area contributed by atoms with Gasteiger partial charge in [-0.3, -0.25) is 4.79 Å². The summed E-state index contributed by atoms with van der Waals surface area (Å²) in [4.78, 5) is 12.9. The molecule has 0 aromatic heterocycles. The van der Waals surface area contributed by atoms with Crippen molar-refractivity contribution in [3.05, 3.63) is 0 Å². The molecule has 4 nitrogen and oxygen atoms in total. The van der Waals surface area contributed by atoms with Crippen LogP contribution in [0.25, 0.3) is 0 Å². The van der Waals surface area contributed by atoms with Crippen LogP contribution < -0.4 is 11.5 Å². The Morgan fingerprint density at radius 1 is 1.57 bits per heavy atom. The van der Waals surface area contributed by atoms with Crippen LogP contribution >= 0.6 is 0 Å². The van der Waals surface area contributed by atoms with Crippen molar-refractivity contribution in [3.63, 3.8) is 0 Å². The lowest BCUT2D eigenvalue weighted by Gasteiger charge is -2.36.